The van der Waals surface area contributed by atoms with Crippen LogP contribution in [-0.4, -0.2) is 155 Å². The van der Waals surface area contributed by atoms with E-state index < -0.39 is 77.0 Å². The molecule has 139 heavy (non-hydrogen) atoms. The van der Waals surface area contributed by atoms with Gasteiger partial charge in [-0.25, -0.2) is 28.8 Å². The molecular formula is C110H137BBr4O24. The van der Waals surface area contributed by atoms with Crippen LogP contribution in [-0.2, 0) is 100.0 Å². The van der Waals surface area contributed by atoms with Crippen molar-refractivity contribution in [1.29, 1.82) is 0 Å². The lowest BCUT2D eigenvalue weighted by Gasteiger charge is -2.32. The van der Waals surface area contributed by atoms with Crippen LogP contribution in [0.4, 0.5) is 0 Å². The molecule has 0 aromatic heterocycles. The fourth-order valence-electron chi connectivity index (χ4n) is 15.6. The van der Waals surface area contributed by atoms with Crippen molar-refractivity contribution in [3.8, 4) is 45.3 Å². The van der Waals surface area contributed by atoms with Crippen LogP contribution in [0.2, 0.25) is 0 Å². The largest absolute Gasteiger partial charge is 0.507 e. The molecule has 0 spiro atoms. The average molecular weight is 2170 g/mol. The van der Waals surface area contributed by atoms with Crippen LogP contribution in [0.25, 0.3) is 22.3 Å². The van der Waals surface area contributed by atoms with Gasteiger partial charge in [0, 0.05) is 56.8 Å². The van der Waals surface area contributed by atoms with Gasteiger partial charge in [0.1, 0.15) is 23.0 Å². The number of carbonyl (C=O) groups excluding carboxylic acids is 7. The molecule has 1 saturated heterocycles. The van der Waals surface area contributed by atoms with Crippen molar-refractivity contribution in [3.05, 3.63) is 257 Å². The maximum Gasteiger partial charge on any atom is 0.494 e. The summed E-state index contributed by atoms with van der Waals surface area (Å²) in [5.41, 5.74) is 20.3. The highest BCUT2D eigenvalue weighted by atomic mass is 79.9. The topological polar surface area (TPSA) is 309 Å². The van der Waals surface area contributed by atoms with Gasteiger partial charge >= 0.3 is 42.9 Å². The van der Waals surface area contributed by atoms with Gasteiger partial charge in [-0.2, -0.15) is 0 Å². The third-order valence-corrected chi connectivity index (χ3v) is 27.9. The minimum atomic E-state index is -1.23. The summed E-state index contributed by atoms with van der Waals surface area (Å²) in [7, 11) is 7.55. The molecule has 0 amide bonds. The number of phenols is 1. The van der Waals surface area contributed by atoms with Crippen LogP contribution in [0, 0.1) is 76.2 Å². The summed E-state index contributed by atoms with van der Waals surface area (Å²) >= 11 is 13.6. The number of aliphatic hydroxyl groups is 2. The van der Waals surface area contributed by atoms with Crippen LogP contribution in [0.3, 0.4) is 0 Å². The monoisotopic (exact) mass is 2170 g/mol. The molecule has 4 aliphatic rings. The Balaban J connectivity index is 0.000000224. The molecule has 29 heteroatoms. The predicted octanol–water partition coefficient (Wildman–Crippen LogP) is 23.4. The van der Waals surface area contributed by atoms with E-state index in [4.69, 9.17) is 51.9 Å². The first-order chi connectivity index (χ1) is 64.9. The Morgan fingerprint density at radius 1 is 0.353 bits per heavy atom. The highest BCUT2D eigenvalue weighted by Crippen LogP contribution is 2.46. The molecule has 1 unspecified atom stereocenters. The fourth-order valence-corrected chi connectivity index (χ4v) is 18.2. The lowest BCUT2D eigenvalue weighted by atomic mass is 9.78. The van der Waals surface area contributed by atoms with Crippen LogP contribution in [0.15, 0.2) is 145 Å². The number of aryl methyl sites for hydroxylation is 14. The molecule has 5 atom stereocenters. The Bertz CT molecular complexity index is 5640. The zero-order valence-corrected chi connectivity index (χ0v) is 92.2. The van der Waals surface area contributed by atoms with E-state index in [1.807, 2.05) is 210 Å². The molecule has 13 rings (SSSR count). The van der Waals surface area contributed by atoms with E-state index >= 15 is 0 Å². The number of ketones is 1. The highest BCUT2D eigenvalue weighted by Gasteiger charge is 2.52. The molecule has 3 N–H and O–H groups in total. The van der Waals surface area contributed by atoms with Crippen LogP contribution in [0.1, 0.15) is 256 Å². The van der Waals surface area contributed by atoms with Gasteiger partial charge in [0.25, 0.3) is 5.78 Å². The van der Waals surface area contributed by atoms with Gasteiger partial charge in [-0.05, 0) is 357 Å². The quantitative estimate of drug-likeness (QED) is 0.0236. The minimum Gasteiger partial charge on any atom is -0.507 e. The maximum absolute atomic E-state index is 12.7. The van der Waals surface area contributed by atoms with E-state index in [0.29, 0.717) is 32.3 Å². The van der Waals surface area contributed by atoms with Crippen molar-refractivity contribution in [1.82, 2.24) is 0 Å². The minimum absolute atomic E-state index is 0.101. The van der Waals surface area contributed by atoms with E-state index in [0.717, 1.165) is 189 Å². The number of carbonyl (C=O) groups is 7. The molecule has 0 bridgehead atoms. The van der Waals surface area contributed by atoms with Crippen molar-refractivity contribution in [2.75, 3.05) is 62.5 Å². The first-order valence-electron chi connectivity index (χ1n) is 45.9. The van der Waals surface area contributed by atoms with Crippen LogP contribution >= 0.6 is 63.7 Å². The van der Waals surface area contributed by atoms with E-state index in [2.05, 4.69) is 137 Å². The summed E-state index contributed by atoms with van der Waals surface area (Å²) < 4.78 is 78.9. The first-order valence-corrected chi connectivity index (χ1v) is 49.1. The van der Waals surface area contributed by atoms with E-state index in [1.54, 1.807) is 25.1 Å². The van der Waals surface area contributed by atoms with Gasteiger partial charge in [0.2, 0.25) is 0 Å². The number of fused-ring (bicyclic) bond motifs is 3. The first kappa shape index (κ1) is 116. The van der Waals surface area contributed by atoms with E-state index in [1.165, 1.54) is 53.8 Å². The molecule has 9 aromatic rings. The maximum atomic E-state index is 12.7. The van der Waals surface area contributed by atoms with Gasteiger partial charge in [-0.1, -0.05) is 139 Å². The molecule has 4 heterocycles. The third-order valence-electron chi connectivity index (χ3n) is 23.7. The number of hydrogen-bond acceptors (Lipinski definition) is 24. The Labute approximate surface area is 854 Å². The van der Waals surface area contributed by atoms with Gasteiger partial charge < -0.3 is 81.5 Å². The van der Waals surface area contributed by atoms with Crippen molar-refractivity contribution in [3.63, 3.8) is 0 Å². The summed E-state index contributed by atoms with van der Waals surface area (Å²) in [6, 6.07) is 41.2. The van der Waals surface area contributed by atoms with Gasteiger partial charge in [0.05, 0.1) is 90.5 Å². The number of phenolic OH excluding ortho intramolecular Hbond substituents is 1. The predicted molar refractivity (Wildman–Crippen MR) is 555 cm³/mol. The highest BCUT2D eigenvalue weighted by molar-refractivity contribution is 9.11. The van der Waals surface area contributed by atoms with E-state index in [9.17, 15) is 48.9 Å². The molecule has 4 aliphatic heterocycles. The van der Waals surface area contributed by atoms with Crippen molar-refractivity contribution in [2.45, 2.75) is 263 Å². The number of rotatable bonds is 18. The zero-order valence-electron chi connectivity index (χ0n) is 85.9. The Morgan fingerprint density at radius 3 is 1.01 bits per heavy atom. The standard InChI is InChI=1S/C24H30O4.C23H28O5.C15H21BO3.C15H21BrO3.2C11H13BrO3.C11H11BrO3/c1-15-9-10-16(2)21(22(23(25)26-6)28-24(3,4)5)20(15)18-11-12-19-17(14-18)8-7-13-27-19;1-14-8-10-17(24)20(16-9-11-18-15(13-16)7-6-12-27-18)19(14)21(22(25)26-5)28-23(2,3)4;1-14(2)15(3,4)19-16(18-14)12-7-8-13-11(10-12)6-5-9-17-13;1-9-7-8-10(2)12(16)11(9)13(14(17)18-6)19-15(3,4)5;3*1-6-4-5-7(2)9(12)8(6)10(13)11(14)15-3/h9-12,14,22H,7-8,13H2,1-6H3;8-11,13,21,24H,6-7,12H2,1-5H3;7-8,10H,5-6,9H2,1-4H3;7-8,13H,1-6H3;2*4-5,10,13H,1-3H3;4-5H,1-3H3/t22-;21-;;13-;10-;;/m00.00../s1. The second-order valence-corrected chi connectivity index (χ2v) is 41.5. The number of benzene rings is 9. The number of aromatic hydroxyl groups is 1. The smallest absolute Gasteiger partial charge is 0.494 e. The Morgan fingerprint density at radius 2 is 0.647 bits per heavy atom. The second-order valence-electron chi connectivity index (χ2n) is 38.4. The van der Waals surface area contributed by atoms with Gasteiger partial charge in [-0.3, -0.25) is 4.79 Å². The van der Waals surface area contributed by atoms with Crippen LogP contribution in [0.5, 0.6) is 23.0 Å². The number of methoxy groups -OCH3 is 6. The summed E-state index contributed by atoms with van der Waals surface area (Å²) in [4.78, 5) is 82.6. The molecular weight excluding hydrogens is 2040 g/mol. The molecule has 24 nitrogen and oxygen atoms in total. The van der Waals surface area contributed by atoms with Gasteiger partial charge in [-0.15, -0.1) is 0 Å². The number of hydrogen-bond donors (Lipinski definition) is 3. The second kappa shape index (κ2) is 50.9. The molecule has 9 aromatic carbocycles. The molecule has 0 aliphatic carbocycles. The van der Waals surface area contributed by atoms with Crippen molar-refractivity contribution < 1.29 is 115 Å². The lowest BCUT2D eigenvalue weighted by molar-refractivity contribution is -0.164. The summed E-state index contributed by atoms with van der Waals surface area (Å²) in [5.74, 6) is -1.09. The van der Waals surface area contributed by atoms with Crippen molar-refractivity contribution in [2.24, 2.45) is 0 Å². The zero-order chi connectivity index (χ0) is 104. The number of Topliss-reactive ketones (excluding diaryl/α,β-unsaturated/α-hetero) is 1. The summed E-state index contributed by atoms with van der Waals surface area (Å²) in [6.45, 7) is 48.9. The van der Waals surface area contributed by atoms with Crippen molar-refractivity contribution >= 4 is 118 Å². The number of aliphatic hydroxyl groups excluding tert-OH is 2. The summed E-state index contributed by atoms with van der Waals surface area (Å²) in [5, 5.41) is 30.3. The third kappa shape index (κ3) is 30.7. The molecule has 0 radical (unpaired) electrons. The molecule has 1 fully saturated rings. The number of halogens is 4. The SMILES string of the molecule is CC1(C)OB(c2ccc3c(c2)CCCO3)OC1(C)C.COC(=O)C(=O)c1c(C)ccc(C)c1Br.COC(=O)C(O)c1c(C)ccc(C)c1Br.COC(=O)[C@@H](O)c1c(C)ccc(C)c1Br.COC(=O)[C@@H](OC(C)(C)C)c1c(C)ccc(C)c1-c1ccc2c(c1)CCCO2.COC(=O)[C@@H](OC(C)(C)C)c1c(C)ccc(C)c1Br.COC(=O)[C@@H](OC(C)(C)C)c1c(C)ccc(O)c1-c1ccc2c(c1)CCCO2. The normalized spacial score (nSPS) is 14.7. The molecule has 0 saturated carbocycles. The fraction of sp³-hybridized carbons (Fsp3) is 0.445. The van der Waals surface area contributed by atoms with Crippen LogP contribution < -0.4 is 19.7 Å². The Hall–Kier alpha value is -9.63. The number of ether oxygens (including phenoxy) is 12. The number of esters is 6. The van der Waals surface area contributed by atoms with Gasteiger partial charge in [0.15, 0.2) is 30.5 Å². The lowest BCUT2D eigenvalue weighted by Crippen LogP contribution is -2.41. The molecule has 752 valence electrons. The summed E-state index contributed by atoms with van der Waals surface area (Å²) in [6.07, 6.45) is 1.14. The Kier molecular flexibility index (Phi) is 42.6. The van der Waals surface area contributed by atoms with E-state index in [-0.39, 0.29) is 36.0 Å². The average Bonchev–Trinajstić information content (AvgIpc) is 1.71.